The van der Waals surface area contributed by atoms with Crippen molar-refractivity contribution in [3.8, 4) is 0 Å². The van der Waals surface area contributed by atoms with Crippen molar-refractivity contribution in [1.29, 1.82) is 0 Å². The van der Waals surface area contributed by atoms with Gasteiger partial charge < -0.3 is 0 Å². The molecule has 204 valence electrons. The molecular weight excluding hydrogens is 570 g/mol. The summed E-state index contributed by atoms with van der Waals surface area (Å²) in [5, 5.41) is 11.1. The average molecular weight is 592 g/mol. The van der Waals surface area contributed by atoms with Crippen molar-refractivity contribution in [2.24, 2.45) is 15.5 Å². The van der Waals surface area contributed by atoms with Gasteiger partial charge in [-0.15, -0.1) is 0 Å². The first-order valence-electron chi connectivity index (χ1n) is 11.2. The topological polar surface area (TPSA) is 167 Å². The first kappa shape index (κ1) is 27.9. The summed E-state index contributed by atoms with van der Waals surface area (Å²) in [5.74, 6) is 0. The van der Waals surface area contributed by atoms with Crippen LogP contribution in [0.2, 0.25) is 0 Å². The Hall–Kier alpha value is -4.08. The highest BCUT2D eigenvalue weighted by molar-refractivity contribution is 7.87. The highest BCUT2D eigenvalue weighted by atomic mass is 32.2. The maximum Gasteiger partial charge on any atom is 0.358 e. The first-order chi connectivity index (χ1) is 18.6. The lowest BCUT2D eigenvalue weighted by Crippen LogP contribution is -2.25. The predicted molar refractivity (Wildman–Crippen MR) is 140 cm³/mol. The Labute approximate surface area is 225 Å². The van der Waals surface area contributed by atoms with Crippen LogP contribution in [0.15, 0.2) is 121 Å². The fourth-order valence-electron chi connectivity index (χ4n) is 3.28. The van der Waals surface area contributed by atoms with Crippen LogP contribution in [0.3, 0.4) is 0 Å². The molecule has 0 saturated heterocycles. The monoisotopic (exact) mass is 591 g/mol. The molecule has 0 aromatic heterocycles. The normalized spacial score (nSPS) is 14.3. The van der Waals surface area contributed by atoms with Crippen molar-refractivity contribution in [3.05, 3.63) is 91.0 Å². The smallest absolute Gasteiger partial charge is 0.265 e. The van der Waals surface area contributed by atoms with Gasteiger partial charge in [-0.25, -0.2) is 0 Å². The van der Waals surface area contributed by atoms with E-state index >= 15 is 0 Å². The Morgan fingerprint density at radius 2 is 0.641 bits per heavy atom. The molecule has 0 atom stereocenters. The Kier molecular flexibility index (Phi) is 8.42. The third-order valence-electron chi connectivity index (χ3n) is 5.11. The standard InChI is InChI=1S/C24H21N3O9S3/c28-37(29,22-10-4-1-5-11-22)34-25-19-16-20(26-35-38(30,31)23-12-6-2-7-13-23)18-21(17-19)27-36-39(32,33)24-14-8-3-9-15-24/h1-15H,16-18H2. The van der Waals surface area contributed by atoms with E-state index in [1.54, 1.807) is 18.2 Å². The summed E-state index contributed by atoms with van der Waals surface area (Å²) in [7, 11) is -12.8. The molecule has 0 unspecified atom stereocenters. The third kappa shape index (κ3) is 7.49. The Balaban J connectivity index is 1.60. The number of benzene rings is 3. The summed E-state index contributed by atoms with van der Waals surface area (Å²) in [6.07, 6.45) is -0.419. The molecule has 1 fully saturated rings. The quantitative estimate of drug-likeness (QED) is 0.339. The van der Waals surface area contributed by atoms with Crippen LogP contribution in [0, 0.1) is 0 Å². The molecule has 0 radical (unpaired) electrons. The second-order valence-corrected chi connectivity index (χ2v) is 12.6. The molecule has 0 amide bonds. The van der Waals surface area contributed by atoms with Gasteiger partial charge in [-0.3, -0.25) is 12.9 Å². The molecule has 4 rings (SSSR count). The van der Waals surface area contributed by atoms with Crippen LogP contribution in [-0.2, 0) is 43.2 Å². The van der Waals surface area contributed by atoms with Crippen LogP contribution >= 0.6 is 0 Å². The minimum absolute atomic E-state index is 0.0553. The lowest BCUT2D eigenvalue weighted by atomic mass is 9.95. The molecule has 0 heterocycles. The zero-order valence-electron chi connectivity index (χ0n) is 20.0. The van der Waals surface area contributed by atoms with Gasteiger partial charge in [0, 0.05) is 19.3 Å². The van der Waals surface area contributed by atoms with Crippen LogP contribution in [0.25, 0.3) is 0 Å². The molecular formula is C24H21N3O9S3. The summed E-state index contributed by atoms with van der Waals surface area (Å²) in [4.78, 5) is -0.410. The Bertz CT molecular complexity index is 1500. The molecule has 1 aliphatic carbocycles. The number of hydrogen-bond donors (Lipinski definition) is 0. The van der Waals surface area contributed by atoms with E-state index in [-0.39, 0.29) is 51.1 Å². The largest absolute Gasteiger partial charge is 0.358 e. The van der Waals surface area contributed by atoms with E-state index in [9.17, 15) is 25.3 Å². The van der Waals surface area contributed by atoms with Gasteiger partial charge in [0.1, 0.15) is 14.7 Å². The highest BCUT2D eigenvalue weighted by Gasteiger charge is 2.25. The summed E-state index contributed by atoms with van der Waals surface area (Å²) < 4.78 is 89.2. The van der Waals surface area contributed by atoms with E-state index < -0.39 is 30.4 Å². The van der Waals surface area contributed by atoms with Gasteiger partial charge in [-0.2, -0.15) is 25.3 Å². The lowest BCUT2D eigenvalue weighted by molar-refractivity contribution is 0.332. The van der Waals surface area contributed by atoms with Crippen LogP contribution < -0.4 is 0 Å². The Morgan fingerprint density at radius 3 is 0.872 bits per heavy atom. The molecule has 1 aliphatic rings. The first-order valence-corrected chi connectivity index (χ1v) is 15.4. The fourth-order valence-corrected chi connectivity index (χ4v) is 5.62. The summed E-state index contributed by atoms with van der Waals surface area (Å²) in [5.41, 5.74) is 0.166. The van der Waals surface area contributed by atoms with Gasteiger partial charge in [0.2, 0.25) is 0 Å². The van der Waals surface area contributed by atoms with E-state index in [1.165, 1.54) is 72.8 Å². The number of rotatable bonds is 9. The average Bonchev–Trinajstić information content (AvgIpc) is 2.95. The van der Waals surface area contributed by atoms with Gasteiger partial charge in [0.05, 0.1) is 17.1 Å². The van der Waals surface area contributed by atoms with Crippen LogP contribution in [0.1, 0.15) is 19.3 Å². The summed E-state index contributed by atoms with van der Waals surface area (Å²) in [6, 6.07) is 21.9. The van der Waals surface area contributed by atoms with Crippen molar-refractivity contribution in [3.63, 3.8) is 0 Å². The Morgan fingerprint density at radius 1 is 0.410 bits per heavy atom. The second kappa shape index (κ2) is 11.8. The van der Waals surface area contributed by atoms with Crippen LogP contribution in [-0.4, -0.2) is 42.4 Å². The highest BCUT2D eigenvalue weighted by Crippen LogP contribution is 2.20. The number of nitrogens with zero attached hydrogens (tertiary/aromatic N) is 3. The van der Waals surface area contributed by atoms with E-state index in [4.69, 9.17) is 12.9 Å². The third-order valence-corrected chi connectivity index (χ3v) is 8.47. The van der Waals surface area contributed by atoms with Gasteiger partial charge >= 0.3 is 30.4 Å². The molecule has 1 saturated carbocycles. The second-order valence-electron chi connectivity index (χ2n) is 8.03. The number of hydrogen-bond acceptors (Lipinski definition) is 12. The molecule has 3 aromatic rings. The van der Waals surface area contributed by atoms with Gasteiger partial charge in [-0.05, 0) is 36.4 Å². The summed E-state index contributed by atoms with van der Waals surface area (Å²) in [6.45, 7) is 0. The molecule has 3 aromatic carbocycles. The lowest BCUT2D eigenvalue weighted by Gasteiger charge is -2.16. The maximum absolute atomic E-state index is 12.5. The van der Waals surface area contributed by atoms with Crippen molar-refractivity contribution < 1.29 is 38.1 Å². The molecule has 39 heavy (non-hydrogen) atoms. The molecule has 0 spiro atoms. The zero-order chi connectivity index (χ0) is 27.9. The van der Waals surface area contributed by atoms with E-state index in [0.29, 0.717) is 0 Å². The van der Waals surface area contributed by atoms with Gasteiger partial charge in [0.25, 0.3) is 0 Å². The van der Waals surface area contributed by atoms with Crippen molar-refractivity contribution in [1.82, 2.24) is 0 Å². The molecule has 12 nitrogen and oxygen atoms in total. The minimum Gasteiger partial charge on any atom is -0.265 e. The van der Waals surface area contributed by atoms with Crippen LogP contribution in [0.4, 0.5) is 0 Å². The fraction of sp³-hybridized carbons (Fsp3) is 0.125. The van der Waals surface area contributed by atoms with Crippen molar-refractivity contribution in [2.45, 2.75) is 33.9 Å². The van der Waals surface area contributed by atoms with Gasteiger partial charge in [0.15, 0.2) is 0 Å². The zero-order valence-corrected chi connectivity index (χ0v) is 22.5. The number of oxime groups is 3. The summed E-state index contributed by atoms with van der Waals surface area (Å²) >= 11 is 0. The molecule has 0 N–H and O–H groups in total. The van der Waals surface area contributed by atoms with E-state index in [0.717, 1.165) is 0 Å². The SMILES string of the molecule is O=S(=O)(ON=C1CC(=NOS(=O)(=O)c2ccccc2)CC(=NOS(=O)(=O)c2ccccc2)C1)c1ccccc1. The minimum atomic E-state index is -4.26. The molecule has 0 aliphatic heterocycles. The van der Waals surface area contributed by atoms with E-state index in [1.807, 2.05) is 0 Å². The molecule has 15 heteroatoms. The molecule has 0 bridgehead atoms. The van der Waals surface area contributed by atoms with Crippen molar-refractivity contribution >= 4 is 47.5 Å². The van der Waals surface area contributed by atoms with Crippen molar-refractivity contribution in [2.75, 3.05) is 0 Å². The van der Waals surface area contributed by atoms with E-state index in [2.05, 4.69) is 15.5 Å². The maximum atomic E-state index is 12.5. The van der Waals surface area contributed by atoms with Gasteiger partial charge in [-0.1, -0.05) is 70.1 Å². The predicted octanol–water partition coefficient (Wildman–Crippen LogP) is 3.45. The van der Waals surface area contributed by atoms with Crippen LogP contribution in [0.5, 0.6) is 0 Å².